The van der Waals surface area contributed by atoms with Crippen LogP contribution < -0.4 is 11.1 Å². The summed E-state index contributed by atoms with van der Waals surface area (Å²) in [6, 6.07) is 22.0. The fraction of sp³-hybridized carbons (Fsp3) is 0.0500. The van der Waals surface area contributed by atoms with Crippen molar-refractivity contribution in [3.8, 4) is 0 Å². The van der Waals surface area contributed by atoms with Gasteiger partial charge in [-0.2, -0.15) is 0 Å². The summed E-state index contributed by atoms with van der Waals surface area (Å²) in [6.07, 6.45) is 0. The molecule has 0 aliphatic carbocycles. The Morgan fingerprint density at radius 1 is 0.846 bits per heavy atom. The van der Waals surface area contributed by atoms with Crippen LogP contribution in [0.1, 0.15) is 15.9 Å². The zero-order valence-corrected chi connectivity index (χ0v) is 14.7. The molecule has 0 aliphatic heterocycles. The second-order valence-electron chi connectivity index (χ2n) is 5.73. The van der Waals surface area contributed by atoms with Gasteiger partial charge in [0.25, 0.3) is 0 Å². The number of carbonyl (C=O) groups excluding carboxylic acids is 1. The van der Waals surface area contributed by atoms with Crippen molar-refractivity contribution in [2.75, 3.05) is 5.32 Å². The van der Waals surface area contributed by atoms with E-state index in [0.717, 1.165) is 5.56 Å². The molecule has 0 saturated heterocycles. The third-order valence-electron chi connectivity index (χ3n) is 3.95. The normalized spacial score (nSPS) is 11.1. The molecule has 5 nitrogen and oxygen atoms in total. The van der Waals surface area contributed by atoms with Gasteiger partial charge in [0.05, 0.1) is 15.5 Å². The van der Waals surface area contributed by atoms with Gasteiger partial charge in [-0.25, -0.2) is 8.42 Å². The third kappa shape index (κ3) is 3.75. The van der Waals surface area contributed by atoms with E-state index in [1.807, 2.05) is 0 Å². The first-order valence-electron chi connectivity index (χ1n) is 8.00. The van der Waals surface area contributed by atoms with Crippen molar-refractivity contribution < 1.29 is 13.2 Å². The average molecular weight is 366 g/mol. The molecule has 0 saturated carbocycles. The van der Waals surface area contributed by atoms with Gasteiger partial charge in [-0.1, -0.05) is 42.5 Å². The van der Waals surface area contributed by atoms with E-state index in [9.17, 15) is 13.2 Å². The number of carbonyl (C=O) groups is 1. The Balaban J connectivity index is 1.85. The molecule has 0 aromatic heterocycles. The first-order chi connectivity index (χ1) is 12.5. The number of anilines is 1. The van der Waals surface area contributed by atoms with Gasteiger partial charge in [0.15, 0.2) is 0 Å². The first kappa shape index (κ1) is 17.7. The highest BCUT2D eigenvalue weighted by Gasteiger charge is 2.20. The summed E-state index contributed by atoms with van der Waals surface area (Å²) in [6.45, 7) is 0.417. The fourth-order valence-corrected chi connectivity index (χ4v) is 4.01. The fourth-order valence-electron chi connectivity index (χ4n) is 2.56. The topological polar surface area (TPSA) is 89.3 Å². The summed E-state index contributed by atoms with van der Waals surface area (Å²) in [5.74, 6) is -0.483. The van der Waals surface area contributed by atoms with Crippen LogP contribution in [0.5, 0.6) is 0 Å². The van der Waals surface area contributed by atoms with Crippen LogP contribution in [0.4, 0.5) is 5.69 Å². The zero-order valence-electron chi connectivity index (χ0n) is 13.9. The van der Waals surface area contributed by atoms with Crippen molar-refractivity contribution in [1.82, 2.24) is 0 Å². The van der Waals surface area contributed by atoms with Crippen molar-refractivity contribution in [3.63, 3.8) is 0 Å². The quantitative estimate of drug-likeness (QED) is 0.701. The Kier molecular flexibility index (Phi) is 5.04. The molecular weight excluding hydrogens is 348 g/mol. The molecule has 0 atom stereocenters. The van der Waals surface area contributed by atoms with Crippen LogP contribution in [0.3, 0.4) is 0 Å². The Bertz CT molecular complexity index is 1010. The lowest BCUT2D eigenvalue weighted by atomic mass is 10.1. The standard InChI is InChI=1S/C20H18N2O3S/c21-20(23)16-12-10-15(11-13-16)14-22-18-8-4-5-9-19(18)26(24,25)17-6-2-1-3-7-17/h1-13,22H,14H2,(H2,21,23). The van der Waals surface area contributed by atoms with Gasteiger partial charge in [-0.15, -0.1) is 0 Å². The Labute approximate surface area is 152 Å². The summed E-state index contributed by atoms with van der Waals surface area (Å²) < 4.78 is 25.8. The first-order valence-corrected chi connectivity index (χ1v) is 9.48. The molecule has 0 aliphatic rings. The highest BCUT2D eigenvalue weighted by molar-refractivity contribution is 7.91. The number of primary amides is 1. The number of hydrogen-bond acceptors (Lipinski definition) is 4. The molecule has 3 aromatic rings. The molecule has 0 fully saturated rings. The van der Waals surface area contributed by atoms with E-state index in [1.54, 1.807) is 78.9 Å². The number of nitrogens with one attached hydrogen (secondary N) is 1. The zero-order chi connectivity index (χ0) is 18.6. The molecule has 0 unspecified atom stereocenters. The van der Waals surface area contributed by atoms with E-state index in [2.05, 4.69) is 5.32 Å². The average Bonchev–Trinajstić information content (AvgIpc) is 2.67. The van der Waals surface area contributed by atoms with E-state index < -0.39 is 15.7 Å². The minimum absolute atomic E-state index is 0.222. The number of nitrogens with two attached hydrogens (primary N) is 1. The largest absolute Gasteiger partial charge is 0.380 e. The lowest BCUT2D eigenvalue weighted by Gasteiger charge is -2.13. The lowest BCUT2D eigenvalue weighted by molar-refractivity contribution is 0.100. The molecular formula is C20H18N2O3S. The SMILES string of the molecule is NC(=O)c1ccc(CNc2ccccc2S(=O)(=O)c2ccccc2)cc1. The van der Waals surface area contributed by atoms with E-state index in [4.69, 9.17) is 5.73 Å². The van der Waals surface area contributed by atoms with Gasteiger partial charge < -0.3 is 11.1 Å². The Morgan fingerprint density at radius 2 is 1.46 bits per heavy atom. The van der Waals surface area contributed by atoms with Gasteiger partial charge in [-0.05, 0) is 42.0 Å². The van der Waals surface area contributed by atoms with E-state index in [1.165, 1.54) is 0 Å². The highest BCUT2D eigenvalue weighted by Crippen LogP contribution is 2.27. The second kappa shape index (κ2) is 7.41. The molecule has 3 N–H and O–H groups in total. The van der Waals surface area contributed by atoms with Crippen LogP contribution in [-0.2, 0) is 16.4 Å². The summed E-state index contributed by atoms with van der Waals surface area (Å²) in [5.41, 5.74) is 7.09. The van der Waals surface area contributed by atoms with E-state index in [-0.39, 0.29) is 9.79 Å². The predicted octanol–water partition coefficient (Wildman–Crippen LogP) is 3.23. The highest BCUT2D eigenvalue weighted by atomic mass is 32.2. The summed E-state index contributed by atoms with van der Waals surface area (Å²) in [4.78, 5) is 11.6. The van der Waals surface area contributed by atoms with Crippen LogP contribution in [0, 0.1) is 0 Å². The number of sulfone groups is 1. The molecule has 132 valence electrons. The van der Waals surface area contributed by atoms with E-state index in [0.29, 0.717) is 17.8 Å². The molecule has 0 radical (unpaired) electrons. The monoisotopic (exact) mass is 366 g/mol. The molecule has 6 heteroatoms. The van der Waals surface area contributed by atoms with Gasteiger partial charge in [0, 0.05) is 12.1 Å². The molecule has 0 bridgehead atoms. The summed E-state index contributed by atoms with van der Waals surface area (Å²) >= 11 is 0. The van der Waals surface area contributed by atoms with Crippen LogP contribution in [0.25, 0.3) is 0 Å². The molecule has 0 spiro atoms. The Hall–Kier alpha value is -3.12. The maximum absolute atomic E-state index is 12.9. The molecule has 26 heavy (non-hydrogen) atoms. The number of rotatable bonds is 6. The van der Waals surface area contributed by atoms with Crippen LogP contribution >= 0.6 is 0 Å². The van der Waals surface area contributed by atoms with Crippen LogP contribution in [0.15, 0.2) is 88.7 Å². The number of hydrogen-bond donors (Lipinski definition) is 2. The lowest BCUT2D eigenvalue weighted by Crippen LogP contribution is -2.11. The van der Waals surface area contributed by atoms with Crippen molar-refractivity contribution in [2.45, 2.75) is 16.3 Å². The van der Waals surface area contributed by atoms with Gasteiger partial charge in [-0.3, -0.25) is 4.79 Å². The van der Waals surface area contributed by atoms with Crippen LogP contribution in [0.2, 0.25) is 0 Å². The number of amides is 1. The van der Waals surface area contributed by atoms with Gasteiger partial charge >= 0.3 is 0 Å². The smallest absolute Gasteiger partial charge is 0.248 e. The van der Waals surface area contributed by atoms with Crippen LogP contribution in [-0.4, -0.2) is 14.3 Å². The maximum atomic E-state index is 12.9. The van der Waals surface area contributed by atoms with E-state index >= 15 is 0 Å². The number of benzene rings is 3. The predicted molar refractivity (Wildman–Crippen MR) is 101 cm³/mol. The molecule has 3 rings (SSSR count). The van der Waals surface area contributed by atoms with Gasteiger partial charge in [0.1, 0.15) is 0 Å². The molecule has 1 amide bonds. The Morgan fingerprint density at radius 3 is 2.12 bits per heavy atom. The van der Waals surface area contributed by atoms with Crippen molar-refractivity contribution in [2.24, 2.45) is 5.73 Å². The summed E-state index contributed by atoms with van der Waals surface area (Å²) in [7, 11) is -3.62. The van der Waals surface area contributed by atoms with Crippen molar-refractivity contribution in [3.05, 3.63) is 90.0 Å². The molecule has 0 heterocycles. The number of para-hydroxylation sites is 1. The minimum Gasteiger partial charge on any atom is -0.380 e. The van der Waals surface area contributed by atoms with Crippen molar-refractivity contribution in [1.29, 1.82) is 0 Å². The summed E-state index contributed by atoms with van der Waals surface area (Å²) in [5, 5.41) is 3.16. The minimum atomic E-state index is -3.62. The maximum Gasteiger partial charge on any atom is 0.248 e. The third-order valence-corrected chi connectivity index (χ3v) is 5.78. The van der Waals surface area contributed by atoms with Crippen molar-refractivity contribution >= 4 is 21.4 Å². The second-order valence-corrected chi connectivity index (χ2v) is 7.65. The molecule has 3 aromatic carbocycles. The van der Waals surface area contributed by atoms with Gasteiger partial charge in [0.2, 0.25) is 15.7 Å².